The molecular weight excluding hydrogens is 313 g/mol. The van der Waals surface area contributed by atoms with E-state index in [0.717, 1.165) is 10.7 Å². The number of nitrogens with zero attached hydrogens (tertiary/aromatic N) is 4. The molecule has 0 saturated carbocycles. The van der Waals surface area contributed by atoms with Crippen molar-refractivity contribution in [1.29, 1.82) is 0 Å². The maximum absolute atomic E-state index is 12.8. The number of pyridine rings is 1. The summed E-state index contributed by atoms with van der Waals surface area (Å²) >= 11 is 0. The molecule has 1 aliphatic heterocycles. The molecule has 0 bridgehead atoms. The number of amides is 1. The van der Waals surface area contributed by atoms with E-state index in [9.17, 15) is 18.0 Å². The zero-order valence-electron chi connectivity index (χ0n) is 12.3. The van der Waals surface area contributed by atoms with E-state index in [1.54, 1.807) is 19.1 Å². The third-order valence-electron chi connectivity index (χ3n) is 3.43. The Bertz CT molecular complexity index is 757. The summed E-state index contributed by atoms with van der Waals surface area (Å²) in [6.45, 7) is 1.96. The lowest BCUT2D eigenvalue weighted by molar-refractivity contribution is -0.141. The van der Waals surface area contributed by atoms with Crippen LogP contribution in [-0.2, 0) is 13.2 Å². The molecule has 9 heteroatoms. The van der Waals surface area contributed by atoms with Gasteiger partial charge in [0.2, 0.25) is 5.88 Å². The number of ether oxygens (including phenoxy) is 1. The highest BCUT2D eigenvalue weighted by Gasteiger charge is 2.37. The van der Waals surface area contributed by atoms with Gasteiger partial charge in [-0.25, -0.2) is 4.98 Å². The summed E-state index contributed by atoms with van der Waals surface area (Å²) in [4.78, 5) is 18.1. The molecule has 0 saturated heterocycles. The first-order chi connectivity index (χ1) is 10.8. The fourth-order valence-electron chi connectivity index (χ4n) is 2.40. The fourth-order valence-corrected chi connectivity index (χ4v) is 2.40. The molecule has 2 aromatic rings. The van der Waals surface area contributed by atoms with Crippen LogP contribution in [-0.4, -0.2) is 33.3 Å². The van der Waals surface area contributed by atoms with E-state index in [2.05, 4.69) is 10.1 Å². The van der Waals surface area contributed by atoms with Crippen molar-refractivity contribution in [2.45, 2.75) is 19.2 Å². The predicted octanol–water partition coefficient (Wildman–Crippen LogP) is 2.26. The van der Waals surface area contributed by atoms with Gasteiger partial charge >= 0.3 is 6.18 Å². The van der Waals surface area contributed by atoms with Crippen molar-refractivity contribution in [2.24, 2.45) is 7.05 Å². The highest BCUT2D eigenvalue weighted by molar-refractivity contribution is 6.06. The summed E-state index contributed by atoms with van der Waals surface area (Å²) in [5, 5.41) is 3.37. The Morgan fingerprint density at radius 1 is 1.43 bits per heavy atom. The van der Waals surface area contributed by atoms with Crippen LogP contribution in [0.3, 0.4) is 0 Å². The van der Waals surface area contributed by atoms with Crippen molar-refractivity contribution in [3.8, 4) is 5.88 Å². The van der Waals surface area contributed by atoms with Crippen LogP contribution in [0.25, 0.3) is 0 Å². The fraction of sp³-hybridized carbons (Fsp3) is 0.357. The number of hydrogen-bond acceptors (Lipinski definition) is 4. The molecule has 1 amide bonds. The summed E-state index contributed by atoms with van der Waals surface area (Å²) in [6, 6.07) is 4.01. The molecule has 2 aromatic heterocycles. The number of alkyl halides is 3. The quantitative estimate of drug-likeness (QED) is 0.806. The largest absolute Gasteiger partial charge is 0.471 e. The molecule has 122 valence electrons. The zero-order valence-corrected chi connectivity index (χ0v) is 12.3. The number of carbonyl (C=O) groups is 1. The second-order valence-corrected chi connectivity index (χ2v) is 5.21. The second kappa shape index (κ2) is 5.25. The molecule has 3 rings (SSSR count). The van der Waals surface area contributed by atoms with Crippen LogP contribution in [0.5, 0.6) is 5.88 Å². The number of halogens is 3. The summed E-state index contributed by atoms with van der Waals surface area (Å²) in [5.74, 6) is -0.308. The topological polar surface area (TPSA) is 60.2 Å². The molecule has 23 heavy (non-hydrogen) atoms. The van der Waals surface area contributed by atoms with Gasteiger partial charge in [-0.2, -0.15) is 18.3 Å². The molecule has 0 spiro atoms. The van der Waals surface area contributed by atoms with Gasteiger partial charge < -0.3 is 4.74 Å². The summed E-state index contributed by atoms with van der Waals surface area (Å²) in [7, 11) is 1.30. The number of aromatic nitrogens is 3. The third kappa shape index (κ3) is 2.73. The zero-order chi connectivity index (χ0) is 16.8. The minimum absolute atomic E-state index is 0.152. The Balaban J connectivity index is 2.00. The number of anilines is 1. The van der Waals surface area contributed by atoms with Crippen LogP contribution < -0.4 is 9.64 Å². The molecule has 3 heterocycles. The van der Waals surface area contributed by atoms with Crippen molar-refractivity contribution in [1.82, 2.24) is 14.8 Å². The normalized spacial score (nSPS) is 17.6. The number of rotatable bonds is 1. The number of aryl methyl sites for hydroxylation is 1. The van der Waals surface area contributed by atoms with Crippen molar-refractivity contribution < 1.29 is 22.7 Å². The van der Waals surface area contributed by atoms with Crippen LogP contribution >= 0.6 is 0 Å². The lowest BCUT2D eigenvalue weighted by Crippen LogP contribution is -2.43. The number of hydrogen-bond donors (Lipinski definition) is 0. The van der Waals surface area contributed by atoms with E-state index in [1.807, 2.05) is 0 Å². The minimum Gasteiger partial charge on any atom is -0.471 e. The smallest absolute Gasteiger partial charge is 0.435 e. The molecule has 0 aromatic carbocycles. The highest BCUT2D eigenvalue weighted by atomic mass is 19.4. The van der Waals surface area contributed by atoms with Gasteiger partial charge in [0, 0.05) is 19.3 Å². The number of carbonyl (C=O) groups excluding carboxylic acids is 1. The minimum atomic E-state index is -4.60. The van der Waals surface area contributed by atoms with Crippen LogP contribution in [0.15, 0.2) is 24.4 Å². The van der Waals surface area contributed by atoms with Gasteiger partial charge in [-0.3, -0.25) is 14.4 Å². The Labute approximate surface area is 129 Å². The van der Waals surface area contributed by atoms with Crippen molar-refractivity contribution in [3.63, 3.8) is 0 Å². The van der Waals surface area contributed by atoms with Gasteiger partial charge in [-0.15, -0.1) is 0 Å². The van der Waals surface area contributed by atoms with Crippen LogP contribution in [0.4, 0.5) is 18.9 Å². The maximum atomic E-state index is 12.8. The van der Waals surface area contributed by atoms with Crippen molar-refractivity contribution >= 4 is 11.6 Å². The molecule has 1 unspecified atom stereocenters. The van der Waals surface area contributed by atoms with E-state index < -0.39 is 17.8 Å². The second-order valence-electron chi connectivity index (χ2n) is 5.21. The van der Waals surface area contributed by atoms with E-state index in [1.165, 1.54) is 18.1 Å². The van der Waals surface area contributed by atoms with E-state index in [4.69, 9.17) is 4.74 Å². The van der Waals surface area contributed by atoms with Gasteiger partial charge in [0.25, 0.3) is 5.91 Å². The SMILES string of the molecule is CC1CN(C(=O)c2cc(C(F)(F)F)nn2C)c2cccnc2O1. The van der Waals surface area contributed by atoms with Gasteiger partial charge in [0.05, 0.1) is 6.54 Å². The van der Waals surface area contributed by atoms with Crippen LogP contribution in [0.2, 0.25) is 0 Å². The van der Waals surface area contributed by atoms with Gasteiger partial charge in [0.15, 0.2) is 5.69 Å². The standard InChI is InChI=1S/C14H13F3N4O2/c1-8-7-21(9-4-3-5-18-12(9)23-8)13(22)10-6-11(14(15,16)17)19-20(10)2/h3-6,8H,7H2,1-2H3. The summed E-state index contributed by atoms with van der Waals surface area (Å²) in [6.07, 6.45) is -3.41. The van der Waals surface area contributed by atoms with Crippen LogP contribution in [0.1, 0.15) is 23.1 Å². The molecule has 0 N–H and O–H groups in total. The third-order valence-corrected chi connectivity index (χ3v) is 3.43. The predicted molar refractivity (Wildman–Crippen MR) is 74.2 cm³/mol. The maximum Gasteiger partial charge on any atom is 0.435 e. The first-order valence-corrected chi connectivity index (χ1v) is 6.82. The molecule has 0 aliphatic carbocycles. The van der Waals surface area contributed by atoms with Gasteiger partial charge in [-0.05, 0) is 19.1 Å². The molecule has 0 radical (unpaired) electrons. The lowest BCUT2D eigenvalue weighted by atomic mass is 10.2. The lowest BCUT2D eigenvalue weighted by Gasteiger charge is -2.32. The average molecular weight is 326 g/mol. The molecule has 6 nitrogen and oxygen atoms in total. The monoisotopic (exact) mass is 326 g/mol. The Kier molecular flexibility index (Phi) is 3.50. The van der Waals surface area contributed by atoms with Gasteiger partial charge in [-0.1, -0.05) is 0 Å². The molecular formula is C14H13F3N4O2. The van der Waals surface area contributed by atoms with E-state index in [0.29, 0.717) is 5.69 Å². The summed E-state index contributed by atoms with van der Waals surface area (Å²) < 4.78 is 44.7. The average Bonchev–Trinajstić information content (AvgIpc) is 2.87. The van der Waals surface area contributed by atoms with E-state index in [-0.39, 0.29) is 24.2 Å². The van der Waals surface area contributed by atoms with Gasteiger partial charge in [0.1, 0.15) is 17.5 Å². The van der Waals surface area contributed by atoms with Crippen LogP contribution in [0, 0.1) is 0 Å². The first kappa shape index (κ1) is 15.3. The number of fused-ring (bicyclic) bond motifs is 1. The molecule has 0 fully saturated rings. The Morgan fingerprint density at radius 3 is 2.83 bits per heavy atom. The Hall–Kier alpha value is -2.58. The Morgan fingerprint density at radius 2 is 2.17 bits per heavy atom. The first-order valence-electron chi connectivity index (χ1n) is 6.82. The van der Waals surface area contributed by atoms with E-state index >= 15 is 0 Å². The van der Waals surface area contributed by atoms with Crippen molar-refractivity contribution in [2.75, 3.05) is 11.4 Å². The summed E-state index contributed by atoms with van der Waals surface area (Å²) in [5.41, 5.74) is -0.831. The molecule has 1 aliphatic rings. The molecule has 1 atom stereocenters. The van der Waals surface area contributed by atoms with Crippen molar-refractivity contribution in [3.05, 3.63) is 35.8 Å². The highest BCUT2D eigenvalue weighted by Crippen LogP contribution is 2.33.